The molecule has 2 aromatic carbocycles. The second kappa shape index (κ2) is 8.50. The number of benzene rings is 2. The lowest BCUT2D eigenvalue weighted by Crippen LogP contribution is -2.28. The molecule has 0 N–H and O–H groups in total. The summed E-state index contributed by atoms with van der Waals surface area (Å²) in [6.07, 6.45) is 3.53. The number of rotatable bonds is 6. The van der Waals surface area contributed by atoms with E-state index in [9.17, 15) is 9.59 Å². The van der Waals surface area contributed by atoms with Gasteiger partial charge in [-0.25, -0.2) is 4.79 Å². The van der Waals surface area contributed by atoms with Gasteiger partial charge in [-0.1, -0.05) is 12.1 Å². The molecular formula is C22H21NO4. The highest BCUT2D eigenvalue weighted by Gasteiger charge is 2.19. The molecule has 0 aliphatic heterocycles. The van der Waals surface area contributed by atoms with Crippen LogP contribution in [0.1, 0.15) is 46.8 Å². The van der Waals surface area contributed by atoms with Gasteiger partial charge in [-0.3, -0.25) is 4.79 Å². The van der Waals surface area contributed by atoms with Crippen molar-refractivity contribution in [1.82, 2.24) is 0 Å². The van der Waals surface area contributed by atoms with Crippen LogP contribution in [0.2, 0.25) is 0 Å². The van der Waals surface area contributed by atoms with Crippen molar-refractivity contribution in [3.05, 3.63) is 64.7 Å². The first-order valence-corrected chi connectivity index (χ1v) is 9.05. The number of fused-ring (bicyclic) bond motifs is 1. The summed E-state index contributed by atoms with van der Waals surface area (Å²) >= 11 is 0. The number of Topliss-reactive ketones (excluding diaryl/α,β-unsaturated/α-hetero) is 1. The van der Waals surface area contributed by atoms with E-state index in [4.69, 9.17) is 14.7 Å². The molecule has 1 aliphatic carbocycles. The van der Waals surface area contributed by atoms with Crippen molar-refractivity contribution in [3.63, 3.8) is 0 Å². The molecule has 0 unspecified atom stereocenters. The van der Waals surface area contributed by atoms with Gasteiger partial charge in [0, 0.05) is 5.56 Å². The third-order valence-corrected chi connectivity index (χ3v) is 4.64. The van der Waals surface area contributed by atoms with Crippen LogP contribution in [0.25, 0.3) is 0 Å². The first-order valence-electron chi connectivity index (χ1n) is 9.05. The van der Waals surface area contributed by atoms with Gasteiger partial charge in [-0.2, -0.15) is 5.26 Å². The number of hydrogen-bond acceptors (Lipinski definition) is 5. The minimum absolute atomic E-state index is 0.220. The van der Waals surface area contributed by atoms with Gasteiger partial charge in [0.05, 0.1) is 11.6 Å². The molecule has 5 nitrogen and oxygen atoms in total. The van der Waals surface area contributed by atoms with E-state index in [0.717, 1.165) is 19.3 Å². The summed E-state index contributed by atoms with van der Waals surface area (Å²) in [5, 5.41) is 8.78. The lowest BCUT2D eigenvalue weighted by Gasteiger charge is -2.16. The summed E-state index contributed by atoms with van der Waals surface area (Å²) in [6.45, 7) is 1.25. The maximum absolute atomic E-state index is 12.3. The minimum Gasteiger partial charge on any atom is -0.479 e. The van der Waals surface area contributed by atoms with Crippen molar-refractivity contribution >= 4 is 11.8 Å². The second-order valence-electron chi connectivity index (χ2n) is 6.62. The number of carbonyl (C=O) groups excluding carboxylic acids is 2. The van der Waals surface area contributed by atoms with Gasteiger partial charge >= 0.3 is 5.97 Å². The van der Waals surface area contributed by atoms with E-state index in [1.165, 1.54) is 17.5 Å². The molecule has 0 fully saturated rings. The second-order valence-corrected chi connectivity index (χ2v) is 6.62. The van der Waals surface area contributed by atoms with E-state index < -0.39 is 12.1 Å². The van der Waals surface area contributed by atoms with Crippen molar-refractivity contribution in [2.24, 2.45) is 0 Å². The number of aryl methyl sites for hydroxylation is 2. The molecule has 1 atom stereocenters. The highest BCUT2D eigenvalue weighted by molar-refractivity contribution is 5.98. The number of nitrogens with zero attached hydrogens (tertiary/aromatic N) is 1. The fourth-order valence-electron chi connectivity index (χ4n) is 3.10. The van der Waals surface area contributed by atoms with E-state index in [1.54, 1.807) is 37.3 Å². The smallest absolute Gasteiger partial charge is 0.347 e. The Morgan fingerprint density at radius 2 is 1.78 bits per heavy atom. The van der Waals surface area contributed by atoms with Crippen LogP contribution < -0.4 is 4.74 Å². The van der Waals surface area contributed by atoms with Gasteiger partial charge in [0.15, 0.2) is 18.5 Å². The van der Waals surface area contributed by atoms with Crippen molar-refractivity contribution < 1.29 is 19.1 Å². The van der Waals surface area contributed by atoms with Crippen LogP contribution in [0.15, 0.2) is 42.5 Å². The van der Waals surface area contributed by atoms with Crippen molar-refractivity contribution in [3.8, 4) is 11.8 Å². The van der Waals surface area contributed by atoms with Crippen LogP contribution in [-0.2, 0) is 22.4 Å². The number of ether oxygens (including phenoxy) is 2. The summed E-state index contributed by atoms with van der Waals surface area (Å²) in [5.41, 5.74) is 3.60. The lowest BCUT2D eigenvalue weighted by molar-refractivity contribution is -0.149. The zero-order valence-electron chi connectivity index (χ0n) is 15.2. The SMILES string of the molecule is C[C@H](Oc1ccc(C#N)cc1)C(=O)OCC(=O)c1ccc2c(c1)CCCC2. The molecule has 0 amide bonds. The number of esters is 1. The Labute approximate surface area is 158 Å². The molecule has 0 aromatic heterocycles. The Morgan fingerprint density at radius 3 is 2.48 bits per heavy atom. The quantitative estimate of drug-likeness (QED) is 0.579. The third-order valence-electron chi connectivity index (χ3n) is 4.64. The Hall–Kier alpha value is -3.13. The van der Waals surface area contributed by atoms with Gasteiger partial charge in [0.25, 0.3) is 0 Å². The van der Waals surface area contributed by atoms with Crippen molar-refractivity contribution in [1.29, 1.82) is 5.26 Å². The fraction of sp³-hybridized carbons (Fsp3) is 0.318. The molecule has 0 bridgehead atoms. The molecular weight excluding hydrogens is 342 g/mol. The van der Waals surface area contributed by atoms with Crippen molar-refractivity contribution in [2.45, 2.75) is 38.7 Å². The third kappa shape index (κ3) is 4.73. The summed E-state index contributed by atoms with van der Waals surface area (Å²) in [6, 6.07) is 14.2. The fourth-order valence-corrected chi connectivity index (χ4v) is 3.10. The number of nitriles is 1. The Bertz CT molecular complexity index is 880. The minimum atomic E-state index is -0.853. The summed E-state index contributed by atoms with van der Waals surface area (Å²) in [5.74, 6) is -0.368. The maximum atomic E-state index is 12.3. The van der Waals surface area contributed by atoms with Crippen LogP contribution in [0.3, 0.4) is 0 Å². The Kier molecular flexibility index (Phi) is 5.87. The zero-order chi connectivity index (χ0) is 19.2. The Morgan fingerprint density at radius 1 is 1.07 bits per heavy atom. The van der Waals surface area contributed by atoms with Gasteiger partial charge in [-0.05, 0) is 74.1 Å². The monoisotopic (exact) mass is 363 g/mol. The van der Waals surface area contributed by atoms with E-state index in [1.807, 2.05) is 18.2 Å². The molecule has 0 heterocycles. The first kappa shape index (κ1) is 18.7. The predicted octanol–water partition coefficient (Wildman–Crippen LogP) is 3.63. The van der Waals surface area contributed by atoms with Gasteiger partial charge in [0.2, 0.25) is 0 Å². The summed E-state index contributed by atoms with van der Waals surface area (Å²) < 4.78 is 10.6. The molecule has 0 radical (unpaired) electrons. The average Bonchev–Trinajstić information content (AvgIpc) is 2.71. The van der Waals surface area contributed by atoms with Crippen LogP contribution >= 0.6 is 0 Å². The molecule has 5 heteroatoms. The number of ketones is 1. The number of carbonyl (C=O) groups is 2. The standard InChI is InChI=1S/C22H21NO4/c1-15(27-20-10-6-16(13-23)7-11-20)22(25)26-14-21(24)19-9-8-17-4-2-3-5-18(17)12-19/h6-12,15H,2-5,14H2,1H3/t15-/m0/s1. The molecule has 0 spiro atoms. The van der Waals surface area contributed by atoms with Crippen LogP contribution in [0.4, 0.5) is 0 Å². The van der Waals surface area contributed by atoms with E-state index in [-0.39, 0.29) is 12.4 Å². The van der Waals surface area contributed by atoms with E-state index >= 15 is 0 Å². The predicted molar refractivity (Wildman–Crippen MR) is 99.6 cm³/mol. The highest BCUT2D eigenvalue weighted by atomic mass is 16.6. The van der Waals surface area contributed by atoms with E-state index in [2.05, 4.69) is 0 Å². The molecule has 3 rings (SSSR count). The van der Waals surface area contributed by atoms with Gasteiger partial charge in [0.1, 0.15) is 5.75 Å². The van der Waals surface area contributed by atoms with Gasteiger partial charge in [-0.15, -0.1) is 0 Å². The summed E-state index contributed by atoms with van der Waals surface area (Å²) in [4.78, 5) is 24.4. The van der Waals surface area contributed by atoms with Crippen LogP contribution in [0.5, 0.6) is 5.75 Å². The molecule has 2 aromatic rings. The zero-order valence-corrected chi connectivity index (χ0v) is 15.2. The molecule has 0 saturated heterocycles. The normalized spacial score (nSPS) is 13.8. The Balaban J connectivity index is 1.53. The topological polar surface area (TPSA) is 76.4 Å². The average molecular weight is 363 g/mol. The largest absolute Gasteiger partial charge is 0.479 e. The summed E-state index contributed by atoms with van der Waals surface area (Å²) in [7, 11) is 0. The van der Waals surface area contributed by atoms with Crippen LogP contribution in [0, 0.1) is 11.3 Å². The molecule has 1 aliphatic rings. The van der Waals surface area contributed by atoms with E-state index in [0.29, 0.717) is 16.9 Å². The molecule has 138 valence electrons. The highest BCUT2D eigenvalue weighted by Crippen LogP contribution is 2.22. The maximum Gasteiger partial charge on any atom is 0.347 e. The van der Waals surface area contributed by atoms with Crippen LogP contribution in [-0.4, -0.2) is 24.5 Å². The first-order chi connectivity index (χ1) is 13.1. The van der Waals surface area contributed by atoms with Gasteiger partial charge < -0.3 is 9.47 Å². The molecule has 0 saturated carbocycles. The lowest BCUT2D eigenvalue weighted by atomic mass is 9.90. The number of hydrogen-bond donors (Lipinski definition) is 0. The molecule has 27 heavy (non-hydrogen) atoms. The van der Waals surface area contributed by atoms with Crippen molar-refractivity contribution in [2.75, 3.05) is 6.61 Å².